The zero-order valence-electron chi connectivity index (χ0n) is 14.4. The second-order valence-corrected chi connectivity index (χ2v) is 5.17. The van der Waals surface area contributed by atoms with Crippen LogP contribution in [0.25, 0.3) is 22.3 Å². The van der Waals surface area contributed by atoms with Crippen molar-refractivity contribution in [1.29, 1.82) is 0 Å². The molecule has 0 atom stereocenters. The Hall–Kier alpha value is -3.15. The molecule has 25 heavy (non-hydrogen) atoms. The van der Waals surface area contributed by atoms with E-state index in [2.05, 4.69) is 0 Å². The molecule has 0 aliphatic rings. The molecule has 0 saturated carbocycles. The number of benzene rings is 2. The quantitative estimate of drug-likeness (QED) is 0.707. The molecule has 1 aromatic heterocycles. The highest BCUT2D eigenvalue weighted by molar-refractivity contribution is 5.89. The Kier molecular flexibility index (Phi) is 4.52. The second-order valence-electron chi connectivity index (χ2n) is 5.17. The van der Waals surface area contributed by atoms with Crippen LogP contribution in [0.15, 0.2) is 45.6 Å². The minimum Gasteiger partial charge on any atom is -0.496 e. The maximum Gasteiger partial charge on any atom is 0.235 e. The summed E-state index contributed by atoms with van der Waals surface area (Å²) < 4.78 is 27.4. The van der Waals surface area contributed by atoms with Crippen LogP contribution in [0.2, 0.25) is 0 Å². The summed E-state index contributed by atoms with van der Waals surface area (Å²) in [5.41, 5.74) is 0.588. The highest BCUT2D eigenvalue weighted by Gasteiger charge is 2.23. The van der Waals surface area contributed by atoms with E-state index in [4.69, 9.17) is 23.4 Å². The zero-order chi connectivity index (χ0) is 18.0. The van der Waals surface area contributed by atoms with Crippen LogP contribution in [0.5, 0.6) is 23.0 Å². The van der Waals surface area contributed by atoms with Gasteiger partial charge in [-0.3, -0.25) is 4.79 Å². The molecule has 130 valence electrons. The van der Waals surface area contributed by atoms with E-state index in [1.165, 1.54) is 21.3 Å². The molecule has 3 rings (SSSR count). The number of para-hydroxylation sites is 1. The first-order chi connectivity index (χ1) is 12.2. The van der Waals surface area contributed by atoms with Crippen LogP contribution in [0.1, 0.15) is 0 Å². The summed E-state index contributed by atoms with van der Waals surface area (Å²) in [5.74, 6) is 1.74. The van der Waals surface area contributed by atoms with Crippen molar-refractivity contribution in [3.63, 3.8) is 0 Å². The van der Waals surface area contributed by atoms with Crippen LogP contribution < -0.4 is 24.4 Å². The van der Waals surface area contributed by atoms with E-state index in [-0.39, 0.29) is 22.5 Å². The molecule has 0 amide bonds. The van der Waals surface area contributed by atoms with Crippen molar-refractivity contribution >= 4 is 11.0 Å². The number of ether oxygens (including phenoxy) is 4. The van der Waals surface area contributed by atoms with Gasteiger partial charge in [-0.25, -0.2) is 0 Å². The first kappa shape index (κ1) is 16.7. The van der Waals surface area contributed by atoms with Crippen molar-refractivity contribution in [3.8, 4) is 34.3 Å². The molecular weight excluding hydrogens is 324 g/mol. The maximum atomic E-state index is 12.9. The van der Waals surface area contributed by atoms with Gasteiger partial charge in [0.25, 0.3) is 0 Å². The van der Waals surface area contributed by atoms with Crippen molar-refractivity contribution in [2.24, 2.45) is 0 Å². The fourth-order valence-corrected chi connectivity index (χ4v) is 2.75. The summed E-state index contributed by atoms with van der Waals surface area (Å²) in [5, 5.41) is 0.341. The molecule has 0 radical (unpaired) electrons. The lowest BCUT2D eigenvalue weighted by Crippen LogP contribution is -2.08. The predicted octanol–water partition coefficient (Wildman–Crippen LogP) is 3.49. The van der Waals surface area contributed by atoms with Gasteiger partial charge in [0.15, 0.2) is 17.1 Å². The largest absolute Gasteiger partial charge is 0.496 e. The van der Waals surface area contributed by atoms with Crippen LogP contribution >= 0.6 is 0 Å². The smallest absolute Gasteiger partial charge is 0.235 e. The van der Waals surface area contributed by atoms with Crippen LogP contribution in [0, 0.1) is 0 Å². The summed E-state index contributed by atoms with van der Waals surface area (Å²) in [4.78, 5) is 12.9. The molecule has 6 nitrogen and oxygen atoms in total. The Morgan fingerprint density at radius 2 is 1.44 bits per heavy atom. The summed E-state index contributed by atoms with van der Waals surface area (Å²) >= 11 is 0. The molecule has 0 unspecified atom stereocenters. The summed E-state index contributed by atoms with van der Waals surface area (Å²) in [6.45, 7) is 0. The van der Waals surface area contributed by atoms with Gasteiger partial charge in [0.2, 0.25) is 16.9 Å². The van der Waals surface area contributed by atoms with Crippen molar-refractivity contribution in [2.45, 2.75) is 0 Å². The summed E-state index contributed by atoms with van der Waals surface area (Å²) in [6, 6.07) is 10.5. The van der Waals surface area contributed by atoms with E-state index in [0.717, 1.165) is 0 Å². The molecule has 3 aromatic rings. The Morgan fingerprint density at radius 1 is 0.760 bits per heavy atom. The summed E-state index contributed by atoms with van der Waals surface area (Å²) in [6.07, 6.45) is 0. The van der Waals surface area contributed by atoms with Gasteiger partial charge in [-0.15, -0.1) is 0 Å². The van der Waals surface area contributed by atoms with Crippen molar-refractivity contribution in [2.75, 3.05) is 28.4 Å². The fourth-order valence-electron chi connectivity index (χ4n) is 2.75. The monoisotopic (exact) mass is 342 g/mol. The van der Waals surface area contributed by atoms with Gasteiger partial charge >= 0.3 is 0 Å². The van der Waals surface area contributed by atoms with E-state index in [1.807, 2.05) is 12.1 Å². The maximum absolute atomic E-state index is 12.9. The molecule has 2 aromatic carbocycles. The number of hydrogen-bond donors (Lipinski definition) is 0. The molecule has 0 aliphatic heterocycles. The first-order valence-corrected chi connectivity index (χ1v) is 7.55. The molecule has 0 spiro atoms. The molecule has 1 heterocycles. The van der Waals surface area contributed by atoms with E-state index in [9.17, 15) is 4.79 Å². The predicted molar refractivity (Wildman–Crippen MR) is 94.1 cm³/mol. The van der Waals surface area contributed by atoms with E-state index >= 15 is 0 Å². The number of rotatable bonds is 5. The molecule has 0 fully saturated rings. The SMILES string of the molecule is COc1ccccc1-c1oc2c(OC)c(OC)ccc2c(=O)c1OC. The normalized spacial score (nSPS) is 10.6. The lowest BCUT2D eigenvalue weighted by Gasteiger charge is -2.14. The van der Waals surface area contributed by atoms with Crippen molar-refractivity contribution in [1.82, 2.24) is 0 Å². The minimum atomic E-state index is -0.300. The average molecular weight is 342 g/mol. The molecule has 0 aliphatic carbocycles. The third-order valence-corrected chi connectivity index (χ3v) is 3.92. The molecule has 0 N–H and O–H groups in total. The lowest BCUT2D eigenvalue weighted by molar-refractivity contribution is 0.351. The highest BCUT2D eigenvalue weighted by Crippen LogP contribution is 2.41. The van der Waals surface area contributed by atoms with Crippen LogP contribution in [-0.4, -0.2) is 28.4 Å². The third-order valence-electron chi connectivity index (χ3n) is 3.92. The molecule has 6 heteroatoms. The van der Waals surface area contributed by atoms with Gasteiger partial charge in [0, 0.05) is 0 Å². The first-order valence-electron chi connectivity index (χ1n) is 7.55. The van der Waals surface area contributed by atoms with Crippen LogP contribution in [0.4, 0.5) is 0 Å². The molecule has 0 bridgehead atoms. The van der Waals surface area contributed by atoms with Crippen molar-refractivity contribution in [3.05, 3.63) is 46.6 Å². The highest BCUT2D eigenvalue weighted by atomic mass is 16.5. The van der Waals surface area contributed by atoms with Gasteiger partial charge in [0.05, 0.1) is 39.4 Å². The van der Waals surface area contributed by atoms with E-state index < -0.39 is 0 Å². The Morgan fingerprint density at radius 3 is 2.08 bits per heavy atom. The van der Waals surface area contributed by atoms with Gasteiger partial charge in [-0.2, -0.15) is 0 Å². The molecular formula is C19H18O6. The van der Waals surface area contributed by atoms with Gasteiger partial charge in [-0.05, 0) is 24.3 Å². The minimum absolute atomic E-state index is 0.101. The number of fused-ring (bicyclic) bond motifs is 1. The van der Waals surface area contributed by atoms with Crippen LogP contribution in [-0.2, 0) is 0 Å². The van der Waals surface area contributed by atoms with Gasteiger partial charge in [0.1, 0.15) is 5.75 Å². The lowest BCUT2D eigenvalue weighted by atomic mass is 10.1. The van der Waals surface area contributed by atoms with Gasteiger partial charge in [-0.1, -0.05) is 12.1 Å². The third kappa shape index (κ3) is 2.65. The Balaban J connectivity index is 2.45. The topological polar surface area (TPSA) is 67.1 Å². The summed E-state index contributed by atoms with van der Waals surface area (Å²) in [7, 11) is 5.99. The fraction of sp³-hybridized carbons (Fsp3) is 0.211. The number of hydrogen-bond acceptors (Lipinski definition) is 6. The standard InChI is InChI=1S/C19H18O6/c1-21-13-8-6-5-7-11(13)16-19(24-4)15(20)12-9-10-14(22-2)18(23-3)17(12)25-16/h5-10H,1-4H3. The number of methoxy groups -OCH3 is 4. The Bertz CT molecular complexity index is 974. The second kappa shape index (κ2) is 6.76. The van der Waals surface area contributed by atoms with Crippen molar-refractivity contribution < 1.29 is 23.4 Å². The van der Waals surface area contributed by atoms with E-state index in [0.29, 0.717) is 28.2 Å². The van der Waals surface area contributed by atoms with Crippen LogP contribution in [0.3, 0.4) is 0 Å². The Labute approximate surface area is 144 Å². The molecule has 0 saturated heterocycles. The average Bonchev–Trinajstić information content (AvgIpc) is 2.66. The zero-order valence-corrected chi connectivity index (χ0v) is 14.4. The van der Waals surface area contributed by atoms with E-state index in [1.54, 1.807) is 31.4 Å². The van der Waals surface area contributed by atoms with Gasteiger partial charge < -0.3 is 23.4 Å².